The van der Waals surface area contributed by atoms with Crippen LogP contribution in [0.25, 0.3) is 254 Å². The van der Waals surface area contributed by atoms with E-state index in [0.29, 0.717) is 34.9 Å². The highest BCUT2D eigenvalue weighted by molar-refractivity contribution is 7.25. The molecule has 0 spiro atoms. The molecule has 8 heterocycles. The molecule has 126 heavy (non-hydrogen) atoms. The quantitative estimate of drug-likeness (QED) is 0.113. The lowest BCUT2D eigenvalue weighted by Crippen LogP contribution is -2.01. The van der Waals surface area contributed by atoms with Crippen molar-refractivity contribution < 1.29 is 4.42 Å². The minimum absolute atomic E-state index is 0.582. The number of hydrogen-bond acceptors (Lipinski definition) is 8. The van der Waals surface area contributed by atoms with Gasteiger partial charge in [0.2, 0.25) is 0 Å². The first-order valence-corrected chi connectivity index (χ1v) is 43.3. The molecular weight excluding hydrogens is 1560 g/mol. The first kappa shape index (κ1) is 71.0. The Kier molecular flexibility index (Phi) is 16.0. The van der Waals surface area contributed by atoms with E-state index < -0.39 is 0 Å². The molecule has 18 aromatic carbocycles. The second-order valence-electron chi connectivity index (χ2n) is 32.5. The van der Waals surface area contributed by atoms with Gasteiger partial charge in [-0.3, -0.25) is 0 Å². The van der Waals surface area contributed by atoms with E-state index in [1.807, 2.05) is 108 Å². The highest BCUT2D eigenvalue weighted by atomic mass is 32.1. The summed E-state index contributed by atoms with van der Waals surface area (Å²) >= 11 is 1.84. The minimum atomic E-state index is 0.582. The van der Waals surface area contributed by atoms with E-state index >= 15 is 0 Å². The normalized spacial score (nSPS) is 12.0. The van der Waals surface area contributed by atoms with Gasteiger partial charge >= 0.3 is 0 Å². The summed E-state index contributed by atoms with van der Waals surface area (Å²) in [6, 6.07) is 148. The summed E-state index contributed by atoms with van der Waals surface area (Å²) in [5.74, 6) is 3.62. The summed E-state index contributed by atoms with van der Waals surface area (Å²) < 4.78 is 19.7. The number of furan rings is 1. The summed E-state index contributed by atoms with van der Waals surface area (Å²) in [6.07, 6.45) is 0. The van der Waals surface area contributed by atoms with Gasteiger partial charge in [0, 0.05) is 136 Å². The molecule has 0 N–H and O–H groups in total. The van der Waals surface area contributed by atoms with Gasteiger partial charge in [-0.25, -0.2) is 29.9 Å². The predicted molar refractivity (Wildman–Crippen MR) is 520 cm³/mol. The molecule has 0 aliphatic heterocycles. The van der Waals surface area contributed by atoms with Crippen LogP contribution in [0.3, 0.4) is 0 Å². The van der Waals surface area contributed by atoms with Crippen LogP contribution < -0.4 is 0 Å². The van der Waals surface area contributed by atoms with Crippen LogP contribution in [0, 0.1) is 0 Å². The maximum atomic E-state index is 7.45. The zero-order chi connectivity index (χ0) is 82.6. The van der Waals surface area contributed by atoms with E-state index in [1.165, 1.54) is 25.6 Å². The van der Waals surface area contributed by atoms with Crippen LogP contribution in [-0.4, -0.2) is 48.2 Å². The Balaban J connectivity index is 0.646. The van der Waals surface area contributed by atoms with Gasteiger partial charge in [0.05, 0.1) is 44.1 Å². The lowest BCUT2D eigenvalue weighted by Gasteiger charge is -2.14. The Morgan fingerprint density at radius 3 is 1.21 bits per heavy atom. The van der Waals surface area contributed by atoms with Crippen molar-refractivity contribution in [1.82, 2.24) is 48.2 Å². The first-order chi connectivity index (χ1) is 62.4. The second-order valence-corrected chi connectivity index (χ2v) is 33.5. The van der Waals surface area contributed by atoms with Crippen LogP contribution in [-0.2, 0) is 0 Å². The van der Waals surface area contributed by atoms with Crippen molar-refractivity contribution in [2.24, 2.45) is 0 Å². The molecule has 0 aliphatic rings. The molecule has 12 heteroatoms. The van der Waals surface area contributed by atoms with Crippen LogP contribution in [0.2, 0.25) is 0 Å². The van der Waals surface area contributed by atoms with Crippen molar-refractivity contribution in [1.29, 1.82) is 0 Å². The molecule has 0 atom stereocenters. The second kappa shape index (κ2) is 28.4. The number of rotatable bonds is 13. The third-order valence-corrected chi connectivity index (χ3v) is 26.3. The molecular formula is C114H68N10OS. The van der Waals surface area contributed by atoms with E-state index in [4.69, 9.17) is 34.3 Å². The smallest absolute Gasteiger partial charge is 0.164 e. The summed E-state index contributed by atoms with van der Waals surface area (Å²) in [5.41, 5.74) is 26.3. The Morgan fingerprint density at radius 1 is 0.190 bits per heavy atom. The fourth-order valence-corrected chi connectivity index (χ4v) is 20.6. The van der Waals surface area contributed by atoms with Crippen LogP contribution in [0.5, 0.6) is 0 Å². The van der Waals surface area contributed by atoms with E-state index in [9.17, 15) is 0 Å². The number of fused-ring (bicyclic) bond motifs is 19. The SMILES string of the molecule is c1ccc(-c2ccc3c4cc(-c5cc(-c6ccccc6)cc6c5c5ccccc5n6-c5ccc6c7cc8c(cc7n(-c7cccc(-c9nc(-c%10ccccc%10)nc(-c%10ccccc%10)n9)c7)c6c5)sc5ccccc58)ccc4n(-c4ccc5c(c4)oc4c5ccc5c6ccccc6n(-c6cccc(-c7nc(-c8ccccc8)nc(-c8ccccc8)n7)c6)c54)c3c2)cc1. The number of hydrogen-bond donors (Lipinski definition) is 0. The van der Waals surface area contributed by atoms with Crippen molar-refractivity contribution in [3.05, 3.63) is 413 Å². The first-order valence-electron chi connectivity index (χ1n) is 42.4. The van der Waals surface area contributed by atoms with E-state index in [-0.39, 0.29) is 0 Å². The molecule has 26 rings (SSSR count). The molecule has 0 amide bonds. The molecule has 0 unspecified atom stereocenters. The average Bonchev–Trinajstić information content (AvgIpc) is 1.56. The van der Waals surface area contributed by atoms with E-state index in [1.54, 1.807) is 0 Å². The molecule has 0 saturated heterocycles. The maximum absolute atomic E-state index is 7.45. The van der Waals surface area contributed by atoms with Gasteiger partial charge in [0.25, 0.3) is 0 Å². The molecule has 26 aromatic rings. The molecule has 8 aromatic heterocycles. The largest absolute Gasteiger partial charge is 0.454 e. The molecule has 0 bridgehead atoms. The van der Waals surface area contributed by atoms with Gasteiger partial charge in [-0.05, 0) is 149 Å². The fraction of sp³-hybridized carbons (Fsp3) is 0. The molecule has 11 nitrogen and oxygen atoms in total. The van der Waals surface area contributed by atoms with Crippen LogP contribution in [0.1, 0.15) is 0 Å². The Bertz CT molecular complexity index is 8840. The monoisotopic (exact) mass is 1620 g/mol. The van der Waals surface area contributed by atoms with Gasteiger partial charge in [-0.15, -0.1) is 11.3 Å². The Hall–Kier alpha value is -16.8. The van der Waals surface area contributed by atoms with Crippen LogP contribution in [0.15, 0.2) is 417 Å². The van der Waals surface area contributed by atoms with Crippen molar-refractivity contribution in [3.63, 3.8) is 0 Å². The average molecular weight is 1630 g/mol. The Morgan fingerprint density at radius 2 is 0.595 bits per heavy atom. The zero-order valence-corrected chi connectivity index (χ0v) is 68.4. The van der Waals surface area contributed by atoms with E-state index in [0.717, 1.165) is 193 Å². The maximum Gasteiger partial charge on any atom is 0.164 e. The van der Waals surface area contributed by atoms with Crippen LogP contribution >= 0.6 is 11.3 Å². The number of para-hydroxylation sites is 2. The third kappa shape index (κ3) is 11.4. The fourth-order valence-electron chi connectivity index (χ4n) is 19.4. The molecule has 0 saturated carbocycles. The van der Waals surface area contributed by atoms with Crippen molar-refractivity contribution in [2.45, 2.75) is 0 Å². The summed E-state index contributed by atoms with van der Waals surface area (Å²) in [6.45, 7) is 0. The lowest BCUT2D eigenvalue weighted by atomic mass is 9.93. The van der Waals surface area contributed by atoms with Gasteiger partial charge in [0.15, 0.2) is 40.5 Å². The van der Waals surface area contributed by atoms with Gasteiger partial charge in [-0.2, -0.15) is 0 Å². The van der Waals surface area contributed by atoms with Crippen molar-refractivity contribution in [2.75, 3.05) is 0 Å². The minimum Gasteiger partial charge on any atom is -0.454 e. The van der Waals surface area contributed by atoms with Gasteiger partial charge < -0.3 is 22.7 Å². The Labute approximate surface area is 725 Å². The van der Waals surface area contributed by atoms with Crippen molar-refractivity contribution >= 4 is 141 Å². The molecule has 586 valence electrons. The van der Waals surface area contributed by atoms with Gasteiger partial charge in [-0.1, -0.05) is 291 Å². The summed E-state index contributed by atoms with van der Waals surface area (Å²) in [4.78, 5) is 30.9. The molecule has 0 radical (unpaired) electrons. The number of thiophene rings is 1. The zero-order valence-electron chi connectivity index (χ0n) is 67.5. The standard InChI is InChI=1S/C114H68N10OS/c1-7-27-69(28-8-1)75-49-53-85-93-61-76(50-58-98(93)121(99(85)63-75)83-52-55-87-90-57-56-89-84-43-19-22-46-96(84)124(107(89)108(90)125-103(87)66-83)81-42-26-40-78(60-81)114-119-111(73-35-15-5-16-36-73)116-112(120-114)74-37-17-6-18-38-74)92-62-79(70-29-9-2-10-30-70)64-102-106(92)91-45-20-23-47-97(91)122(102)82-51-54-86-94-67-95-88-44-21-24-48-104(88)126-105(95)68-101(94)123(100(86)65-82)80-41-25-39-77(59-80)113-117-109(71-31-11-3-12-32-71)115-110(118-113)72-33-13-4-14-34-72/h1-68H. The summed E-state index contributed by atoms with van der Waals surface area (Å²) in [7, 11) is 0. The van der Waals surface area contributed by atoms with Crippen molar-refractivity contribution in [3.8, 4) is 124 Å². The van der Waals surface area contributed by atoms with Crippen LogP contribution in [0.4, 0.5) is 0 Å². The topological polar surface area (TPSA) is 110 Å². The lowest BCUT2D eigenvalue weighted by molar-refractivity contribution is 0.671. The third-order valence-electron chi connectivity index (χ3n) is 25.2. The highest BCUT2D eigenvalue weighted by Crippen LogP contribution is 2.49. The highest BCUT2D eigenvalue weighted by Gasteiger charge is 2.27. The molecule has 0 fully saturated rings. The number of nitrogens with zero attached hydrogens (tertiary/aromatic N) is 10. The predicted octanol–water partition coefficient (Wildman–Crippen LogP) is 29.7. The van der Waals surface area contributed by atoms with Gasteiger partial charge in [0.1, 0.15) is 5.58 Å². The van der Waals surface area contributed by atoms with E-state index in [2.05, 4.69) is 334 Å². The molecule has 0 aliphatic carbocycles. The number of aromatic nitrogens is 10. The summed E-state index contributed by atoms with van der Waals surface area (Å²) in [5, 5.41) is 13.7. The number of benzene rings is 18.